The number of ether oxygens (including phenoxy) is 4. The number of hydrogen-bond donors (Lipinski definition) is 0. The van der Waals surface area contributed by atoms with Crippen LogP contribution in [-0.4, -0.2) is 50.3 Å². The van der Waals surface area contributed by atoms with Crippen LogP contribution in [-0.2, 0) is 18.9 Å². The predicted octanol–water partition coefficient (Wildman–Crippen LogP) is 9.06. The Kier molecular flexibility index (Phi) is 11.6. The Morgan fingerprint density at radius 1 is 0.320 bits per heavy atom. The average Bonchev–Trinajstić information content (AvgIpc) is 3.15. The summed E-state index contributed by atoms with van der Waals surface area (Å²) in [5.41, 5.74) is 8.44. The van der Waals surface area contributed by atoms with Crippen LogP contribution < -0.4 is 0 Å². The SMILES string of the molecule is CCOC(=O)c1ccc(-c2cc(-c3ccc(C(=O)OCC)cc3)cc(-c3ccc(-c4cc(C(=O)OCC)cc(C(=O)OCC)c4)cc3)c2)cc1. The van der Waals surface area contributed by atoms with Gasteiger partial charge in [-0.3, -0.25) is 0 Å². The summed E-state index contributed by atoms with van der Waals surface area (Å²) in [6, 6.07) is 33.5. The Bertz CT molecular complexity index is 1880. The molecule has 0 unspecified atom stereocenters. The second-order valence-corrected chi connectivity index (χ2v) is 11.2. The largest absolute Gasteiger partial charge is 0.462 e. The lowest BCUT2D eigenvalue weighted by Crippen LogP contribution is -2.09. The summed E-state index contributed by atoms with van der Waals surface area (Å²) >= 11 is 0. The maximum absolute atomic E-state index is 12.6. The van der Waals surface area contributed by atoms with Crippen molar-refractivity contribution in [1.29, 1.82) is 0 Å². The zero-order chi connectivity index (χ0) is 35.6. The second-order valence-electron chi connectivity index (χ2n) is 11.2. The number of rotatable bonds is 12. The maximum Gasteiger partial charge on any atom is 0.338 e. The zero-order valence-corrected chi connectivity index (χ0v) is 28.5. The van der Waals surface area contributed by atoms with Crippen LogP contribution in [0.3, 0.4) is 0 Å². The highest BCUT2D eigenvalue weighted by Gasteiger charge is 2.16. The summed E-state index contributed by atoms with van der Waals surface area (Å²) in [5.74, 6) is -1.80. The van der Waals surface area contributed by atoms with E-state index < -0.39 is 11.9 Å². The van der Waals surface area contributed by atoms with Crippen LogP contribution in [0.1, 0.15) is 69.1 Å². The minimum atomic E-state index is -0.522. The van der Waals surface area contributed by atoms with Crippen molar-refractivity contribution in [3.63, 3.8) is 0 Å². The fourth-order valence-electron chi connectivity index (χ4n) is 5.47. The molecule has 0 aliphatic rings. The van der Waals surface area contributed by atoms with E-state index in [4.69, 9.17) is 18.9 Å². The molecule has 0 heterocycles. The van der Waals surface area contributed by atoms with Crippen molar-refractivity contribution in [2.75, 3.05) is 26.4 Å². The van der Waals surface area contributed by atoms with Gasteiger partial charge >= 0.3 is 23.9 Å². The van der Waals surface area contributed by atoms with Gasteiger partial charge in [-0.2, -0.15) is 0 Å². The van der Waals surface area contributed by atoms with Gasteiger partial charge in [0.05, 0.1) is 48.7 Å². The highest BCUT2D eigenvalue weighted by molar-refractivity contribution is 5.98. The third-order valence-corrected chi connectivity index (χ3v) is 7.90. The van der Waals surface area contributed by atoms with E-state index in [2.05, 4.69) is 18.2 Å². The molecule has 50 heavy (non-hydrogen) atoms. The molecule has 0 bridgehead atoms. The molecule has 5 aromatic carbocycles. The van der Waals surface area contributed by atoms with Crippen molar-refractivity contribution in [3.05, 3.63) is 131 Å². The van der Waals surface area contributed by atoms with Crippen LogP contribution in [0.15, 0.2) is 109 Å². The molecule has 0 atom stereocenters. The molecule has 0 fully saturated rings. The highest BCUT2D eigenvalue weighted by atomic mass is 16.5. The van der Waals surface area contributed by atoms with Crippen molar-refractivity contribution in [2.45, 2.75) is 27.7 Å². The third-order valence-electron chi connectivity index (χ3n) is 7.90. The lowest BCUT2D eigenvalue weighted by molar-refractivity contribution is 0.0511. The van der Waals surface area contributed by atoms with E-state index in [1.165, 1.54) is 6.07 Å². The van der Waals surface area contributed by atoms with E-state index in [0.29, 0.717) is 29.9 Å². The Hall–Kier alpha value is -6.02. The van der Waals surface area contributed by atoms with E-state index in [0.717, 1.165) is 38.9 Å². The van der Waals surface area contributed by atoms with Gasteiger partial charge in [0, 0.05) is 0 Å². The minimum absolute atomic E-state index is 0.207. The molecule has 0 amide bonds. The lowest BCUT2D eigenvalue weighted by Gasteiger charge is -2.13. The first-order chi connectivity index (χ1) is 24.2. The highest BCUT2D eigenvalue weighted by Crippen LogP contribution is 2.35. The quantitative estimate of drug-likeness (QED) is 0.0957. The molecular formula is C42H38O8. The molecule has 8 nitrogen and oxygen atoms in total. The number of hydrogen-bond acceptors (Lipinski definition) is 8. The molecule has 0 aliphatic carbocycles. The van der Waals surface area contributed by atoms with Crippen molar-refractivity contribution < 1.29 is 38.1 Å². The number of carbonyl (C=O) groups excluding carboxylic acids is 4. The molecule has 0 saturated carbocycles. The standard InChI is InChI=1S/C42H38O8/c1-5-47-39(43)31-17-13-29(14-18-31)34-21-33(22-35(23-34)30-15-19-32(20-16-30)40(44)48-6-2)27-9-11-28(12-10-27)36-24-37(41(45)49-7-3)26-38(25-36)42(46)50-8-4/h9-26H,5-8H2,1-4H3. The topological polar surface area (TPSA) is 105 Å². The normalized spacial score (nSPS) is 10.6. The van der Waals surface area contributed by atoms with E-state index in [1.807, 2.05) is 48.5 Å². The van der Waals surface area contributed by atoms with Gasteiger partial charge in [-0.25, -0.2) is 19.2 Å². The lowest BCUT2D eigenvalue weighted by atomic mass is 9.92. The molecule has 254 valence electrons. The maximum atomic E-state index is 12.6. The zero-order valence-electron chi connectivity index (χ0n) is 28.5. The van der Waals surface area contributed by atoms with Crippen molar-refractivity contribution >= 4 is 23.9 Å². The number of esters is 4. The van der Waals surface area contributed by atoms with Crippen molar-refractivity contribution in [1.82, 2.24) is 0 Å². The van der Waals surface area contributed by atoms with Gasteiger partial charge in [-0.1, -0.05) is 48.5 Å². The van der Waals surface area contributed by atoms with Crippen molar-refractivity contribution in [2.24, 2.45) is 0 Å². The van der Waals surface area contributed by atoms with E-state index in [9.17, 15) is 19.2 Å². The molecular weight excluding hydrogens is 632 g/mol. The summed E-state index contributed by atoms with van der Waals surface area (Å²) in [4.78, 5) is 49.8. The summed E-state index contributed by atoms with van der Waals surface area (Å²) in [5, 5.41) is 0. The van der Waals surface area contributed by atoms with Gasteiger partial charge in [0.25, 0.3) is 0 Å². The van der Waals surface area contributed by atoms with Gasteiger partial charge in [0.1, 0.15) is 0 Å². The van der Waals surface area contributed by atoms with E-state index >= 15 is 0 Å². The number of carbonyl (C=O) groups is 4. The second kappa shape index (κ2) is 16.4. The fourth-order valence-corrected chi connectivity index (χ4v) is 5.47. The first-order valence-corrected chi connectivity index (χ1v) is 16.5. The Labute approximate surface area is 291 Å². The third kappa shape index (κ3) is 8.33. The minimum Gasteiger partial charge on any atom is -0.462 e. The van der Waals surface area contributed by atoms with E-state index in [-0.39, 0.29) is 36.3 Å². The first kappa shape index (κ1) is 35.3. The molecule has 0 N–H and O–H groups in total. The average molecular weight is 671 g/mol. The Morgan fingerprint density at radius 2 is 0.560 bits per heavy atom. The Morgan fingerprint density at radius 3 is 0.840 bits per heavy atom. The molecule has 0 radical (unpaired) electrons. The molecule has 8 heteroatoms. The molecule has 0 spiro atoms. The monoisotopic (exact) mass is 670 g/mol. The van der Waals surface area contributed by atoms with Gasteiger partial charge in [-0.15, -0.1) is 0 Å². The van der Waals surface area contributed by atoms with E-state index in [1.54, 1.807) is 64.1 Å². The molecule has 5 aromatic rings. The van der Waals surface area contributed by atoms with Crippen LogP contribution in [0.5, 0.6) is 0 Å². The summed E-state index contributed by atoms with van der Waals surface area (Å²) in [7, 11) is 0. The van der Waals surface area contributed by atoms with Gasteiger partial charge in [0.15, 0.2) is 0 Å². The smallest absolute Gasteiger partial charge is 0.338 e. The Balaban J connectivity index is 1.55. The van der Waals surface area contributed by atoms with Gasteiger partial charge in [0.2, 0.25) is 0 Å². The number of benzene rings is 5. The molecule has 0 aromatic heterocycles. The molecule has 0 saturated heterocycles. The van der Waals surface area contributed by atoms with Crippen LogP contribution in [0, 0.1) is 0 Å². The predicted molar refractivity (Wildman–Crippen MR) is 192 cm³/mol. The summed E-state index contributed by atoms with van der Waals surface area (Å²) in [6.45, 7) is 8.00. The fraction of sp³-hybridized carbons (Fsp3) is 0.190. The summed E-state index contributed by atoms with van der Waals surface area (Å²) < 4.78 is 20.7. The van der Waals surface area contributed by atoms with Gasteiger partial charge < -0.3 is 18.9 Å². The van der Waals surface area contributed by atoms with Crippen LogP contribution >= 0.6 is 0 Å². The summed E-state index contributed by atoms with van der Waals surface area (Å²) in [6.07, 6.45) is 0. The molecule has 5 rings (SSSR count). The van der Waals surface area contributed by atoms with Gasteiger partial charge in [-0.05, 0) is 133 Å². The van der Waals surface area contributed by atoms with Crippen LogP contribution in [0.2, 0.25) is 0 Å². The molecule has 0 aliphatic heterocycles. The van der Waals surface area contributed by atoms with Crippen LogP contribution in [0.25, 0.3) is 44.5 Å². The van der Waals surface area contributed by atoms with Crippen molar-refractivity contribution in [3.8, 4) is 44.5 Å². The van der Waals surface area contributed by atoms with Crippen LogP contribution in [0.4, 0.5) is 0 Å². The first-order valence-electron chi connectivity index (χ1n) is 16.5.